The molecule has 0 fully saturated rings. The minimum Gasteiger partial charge on any atom is -0.0961 e. The molecular formula is C14H22. The highest BCUT2D eigenvalue weighted by Gasteiger charge is 2.04. The third-order valence-corrected chi connectivity index (χ3v) is 2.20. The van der Waals surface area contributed by atoms with Gasteiger partial charge in [0.15, 0.2) is 0 Å². The van der Waals surface area contributed by atoms with E-state index >= 15 is 0 Å². The summed E-state index contributed by atoms with van der Waals surface area (Å²) in [4.78, 5) is 0. The predicted molar refractivity (Wildman–Crippen MR) is 66.2 cm³/mol. The molecule has 0 nitrogen and oxygen atoms in total. The van der Waals surface area contributed by atoms with Gasteiger partial charge < -0.3 is 0 Å². The molecule has 0 unspecified atom stereocenters. The van der Waals surface area contributed by atoms with Crippen LogP contribution >= 0.6 is 0 Å². The van der Waals surface area contributed by atoms with E-state index in [-0.39, 0.29) is 0 Å². The van der Waals surface area contributed by atoms with Crippen molar-refractivity contribution in [3.8, 4) is 0 Å². The molecule has 0 aromatic carbocycles. The van der Waals surface area contributed by atoms with Gasteiger partial charge in [0.05, 0.1) is 0 Å². The summed E-state index contributed by atoms with van der Waals surface area (Å²) in [6.07, 6.45) is 8.57. The summed E-state index contributed by atoms with van der Waals surface area (Å²) in [7, 11) is 0. The number of hydrogen-bond donors (Lipinski definition) is 0. The summed E-state index contributed by atoms with van der Waals surface area (Å²) in [5, 5.41) is 0. The van der Waals surface area contributed by atoms with Crippen molar-refractivity contribution >= 4 is 0 Å². The summed E-state index contributed by atoms with van der Waals surface area (Å²) < 4.78 is 0. The zero-order chi connectivity index (χ0) is 11.1. The standard InChI is InChI=1S/C14H22/c1-11(2)7-9-13(5)14(6)10-8-12(3)4/h7-10,13-14H,1,3H2,2,4-6H3/b9-7+,10-8+/t13-,14+. The molecule has 0 aliphatic heterocycles. The fraction of sp³-hybridized carbons (Fsp3) is 0.429. The second-order valence-corrected chi connectivity index (χ2v) is 4.13. The first-order valence-electron chi connectivity index (χ1n) is 5.11. The molecule has 0 radical (unpaired) electrons. The molecule has 0 aliphatic rings. The van der Waals surface area contributed by atoms with Gasteiger partial charge in [-0.05, 0) is 25.7 Å². The van der Waals surface area contributed by atoms with Crippen LogP contribution in [0, 0.1) is 11.8 Å². The summed E-state index contributed by atoms with van der Waals surface area (Å²) in [6.45, 7) is 16.1. The molecule has 0 aliphatic carbocycles. The van der Waals surface area contributed by atoms with Crippen molar-refractivity contribution in [3.63, 3.8) is 0 Å². The fourth-order valence-electron chi connectivity index (χ4n) is 0.983. The van der Waals surface area contributed by atoms with Crippen molar-refractivity contribution < 1.29 is 0 Å². The van der Waals surface area contributed by atoms with Gasteiger partial charge in [0.25, 0.3) is 0 Å². The molecular weight excluding hydrogens is 168 g/mol. The molecule has 2 atom stereocenters. The van der Waals surface area contributed by atoms with Crippen LogP contribution in [0.2, 0.25) is 0 Å². The van der Waals surface area contributed by atoms with Crippen LogP contribution in [-0.4, -0.2) is 0 Å². The van der Waals surface area contributed by atoms with E-state index in [0.29, 0.717) is 11.8 Å². The first-order chi connectivity index (χ1) is 6.43. The maximum absolute atomic E-state index is 3.84. The SMILES string of the molecule is C=C(C)/C=C/[C@@H](C)[C@@H](C)/C=C/C(=C)C. The van der Waals surface area contributed by atoms with E-state index in [1.807, 2.05) is 13.8 Å². The largest absolute Gasteiger partial charge is 0.0961 e. The summed E-state index contributed by atoms with van der Waals surface area (Å²) >= 11 is 0. The van der Waals surface area contributed by atoms with Gasteiger partial charge in [-0.3, -0.25) is 0 Å². The van der Waals surface area contributed by atoms with Crippen molar-refractivity contribution in [1.29, 1.82) is 0 Å². The molecule has 0 aromatic rings. The van der Waals surface area contributed by atoms with E-state index in [2.05, 4.69) is 51.3 Å². The highest BCUT2D eigenvalue weighted by molar-refractivity contribution is 5.15. The lowest BCUT2D eigenvalue weighted by molar-refractivity contribution is 0.558. The van der Waals surface area contributed by atoms with Crippen LogP contribution in [0.5, 0.6) is 0 Å². The smallest absolute Gasteiger partial charge is 0.0198 e. The Bertz CT molecular complexity index is 225. The molecule has 14 heavy (non-hydrogen) atoms. The van der Waals surface area contributed by atoms with Crippen LogP contribution in [0.3, 0.4) is 0 Å². The Morgan fingerprint density at radius 3 is 1.36 bits per heavy atom. The fourth-order valence-corrected chi connectivity index (χ4v) is 0.983. The Hall–Kier alpha value is -1.04. The van der Waals surface area contributed by atoms with Crippen LogP contribution < -0.4 is 0 Å². The van der Waals surface area contributed by atoms with Gasteiger partial charge in [-0.1, -0.05) is 62.5 Å². The van der Waals surface area contributed by atoms with Crippen LogP contribution in [0.1, 0.15) is 27.7 Å². The van der Waals surface area contributed by atoms with Crippen molar-refractivity contribution in [2.24, 2.45) is 11.8 Å². The Morgan fingerprint density at radius 2 is 1.14 bits per heavy atom. The van der Waals surface area contributed by atoms with Gasteiger partial charge in [0.2, 0.25) is 0 Å². The molecule has 0 saturated carbocycles. The molecule has 0 amide bonds. The quantitative estimate of drug-likeness (QED) is 0.559. The highest BCUT2D eigenvalue weighted by Crippen LogP contribution is 2.15. The first kappa shape index (κ1) is 13.0. The van der Waals surface area contributed by atoms with Crippen LogP contribution in [0.4, 0.5) is 0 Å². The third-order valence-electron chi connectivity index (χ3n) is 2.20. The predicted octanol–water partition coefficient (Wildman–Crippen LogP) is 4.52. The van der Waals surface area contributed by atoms with Crippen molar-refractivity contribution in [2.75, 3.05) is 0 Å². The van der Waals surface area contributed by atoms with E-state index in [1.54, 1.807) is 0 Å². The summed E-state index contributed by atoms with van der Waals surface area (Å²) in [5.41, 5.74) is 2.21. The Balaban J connectivity index is 4.18. The minimum atomic E-state index is 0.544. The highest BCUT2D eigenvalue weighted by atomic mass is 14.1. The minimum absolute atomic E-state index is 0.544. The number of hydrogen-bond acceptors (Lipinski definition) is 0. The maximum Gasteiger partial charge on any atom is -0.0198 e. The van der Waals surface area contributed by atoms with E-state index in [4.69, 9.17) is 0 Å². The van der Waals surface area contributed by atoms with Crippen molar-refractivity contribution in [3.05, 3.63) is 48.6 Å². The van der Waals surface area contributed by atoms with Crippen molar-refractivity contribution in [1.82, 2.24) is 0 Å². The Kier molecular flexibility index (Phi) is 5.94. The lowest BCUT2D eigenvalue weighted by Crippen LogP contribution is -2.01. The van der Waals surface area contributed by atoms with E-state index in [0.717, 1.165) is 11.1 Å². The zero-order valence-corrected chi connectivity index (χ0v) is 9.88. The molecule has 78 valence electrons. The second kappa shape index (κ2) is 6.42. The molecule has 0 rings (SSSR count). The van der Waals surface area contributed by atoms with E-state index < -0.39 is 0 Å². The lowest BCUT2D eigenvalue weighted by Gasteiger charge is -2.11. The Labute approximate surface area is 88.7 Å². The third kappa shape index (κ3) is 6.47. The summed E-state index contributed by atoms with van der Waals surface area (Å²) in [6, 6.07) is 0. The molecule has 0 aromatic heterocycles. The van der Waals surface area contributed by atoms with Crippen LogP contribution in [0.15, 0.2) is 48.6 Å². The van der Waals surface area contributed by atoms with Gasteiger partial charge >= 0.3 is 0 Å². The Morgan fingerprint density at radius 1 is 0.857 bits per heavy atom. The monoisotopic (exact) mass is 190 g/mol. The first-order valence-corrected chi connectivity index (χ1v) is 5.11. The van der Waals surface area contributed by atoms with Crippen LogP contribution in [-0.2, 0) is 0 Å². The van der Waals surface area contributed by atoms with Crippen molar-refractivity contribution in [2.45, 2.75) is 27.7 Å². The molecule has 0 spiro atoms. The topological polar surface area (TPSA) is 0 Å². The van der Waals surface area contributed by atoms with E-state index in [1.165, 1.54) is 0 Å². The zero-order valence-electron chi connectivity index (χ0n) is 9.88. The summed E-state index contributed by atoms with van der Waals surface area (Å²) in [5.74, 6) is 1.09. The van der Waals surface area contributed by atoms with Crippen LogP contribution in [0.25, 0.3) is 0 Å². The molecule has 0 heterocycles. The molecule has 0 N–H and O–H groups in total. The average molecular weight is 190 g/mol. The lowest BCUT2D eigenvalue weighted by atomic mass is 9.94. The van der Waals surface area contributed by atoms with Gasteiger partial charge in [-0.15, -0.1) is 0 Å². The van der Waals surface area contributed by atoms with Gasteiger partial charge in [0.1, 0.15) is 0 Å². The average Bonchev–Trinajstić information content (AvgIpc) is 2.09. The molecule has 0 bridgehead atoms. The molecule has 0 heteroatoms. The van der Waals surface area contributed by atoms with Gasteiger partial charge in [0, 0.05) is 0 Å². The molecule has 0 saturated heterocycles. The van der Waals surface area contributed by atoms with Gasteiger partial charge in [-0.25, -0.2) is 0 Å². The second-order valence-electron chi connectivity index (χ2n) is 4.13. The van der Waals surface area contributed by atoms with E-state index in [9.17, 15) is 0 Å². The van der Waals surface area contributed by atoms with Gasteiger partial charge in [-0.2, -0.15) is 0 Å². The normalized spacial score (nSPS) is 16.0. The maximum atomic E-state index is 3.84. The number of rotatable bonds is 5. The number of allylic oxidation sites excluding steroid dienone is 6.